The van der Waals surface area contributed by atoms with Gasteiger partial charge < -0.3 is 24.6 Å². The van der Waals surface area contributed by atoms with E-state index in [0.29, 0.717) is 0 Å². The van der Waals surface area contributed by atoms with E-state index < -0.39 is 35.8 Å². The van der Waals surface area contributed by atoms with Gasteiger partial charge in [-0.2, -0.15) is 4.98 Å². The number of benzene rings is 3. The van der Waals surface area contributed by atoms with Crippen LogP contribution in [0.3, 0.4) is 0 Å². The second-order valence-electron chi connectivity index (χ2n) is 9.82. The van der Waals surface area contributed by atoms with E-state index in [-0.39, 0.29) is 12.4 Å². The Morgan fingerprint density at radius 2 is 1.43 bits per heavy atom. The summed E-state index contributed by atoms with van der Waals surface area (Å²) in [5, 5.41) is 21.8. The van der Waals surface area contributed by atoms with Gasteiger partial charge in [0, 0.05) is 20.3 Å². The largest absolute Gasteiger partial charge is 0.387 e. The van der Waals surface area contributed by atoms with Crippen LogP contribution >= 0.6 is 0 Å². The van der Waals surface area contributed by atoms with Crippen LogP contribution in [0.15, 0.2) is 113 Å². The molecule has 5 rings (SSSR count). The molecule has 1 saturated heterocycles. The number of hydrogen-bond acceptors (Lipinski definition) is 7. The number of hydrogen-bond donors (Lipinski definition) is 2. The Hall–Kier alpha value is -4.15. The molecule has 0 radical (unpaired) electrons. The molecule has 3 aromatic carbocycles. The predicted octanol–water partition coefficient (Wildman–Crippen LogP) is 3.09. The fourth-order valence-corrected chi connectivity index (χ4v) is 4.92. The van der Waals surface area contributed by atoms with E-state index in [4.69, 9.17) is 9.47 Å². The molecule has 2 heterocycles. The fourth-order valence-electron chi connectivity index (χ4n) is 4.92. The number of aliphatic hydroxyl groups is 2. The standard InChI is InChI=1S/C31H32N4O5/c1-34(2)21-32-26-18-19-35(30(38)33-26)29-28(37)27(36)25(40-29)20-39-31(22-12-6-3-7-13-22,23-14-8-4-9-15-23)24-16-10-5-11-17-24/h3-19,21,25,27-29,36-37H,20H2,1-2H3/t25-,27-,28-,29-/m1/s1. The number of aromatic nitrogens is 2. The molecule has 2 N–H and O–H groups in total. The Balaban J connectivity index is 1.46. The van der Waals surface area contributed by atoms with Gasteiger partial charge in [0.2, 0.25) is 0 Å². The van der Waals surface area contributed by atoms with Crippen molar-refractivity contribution in [1.29, 1.82) is 0 Å². The zero-order chi connectivity index (χ0) is 28.1. The third kappa shape index (κ3) is 5.45. The van der Waals surface area contributed by atoms with Gasteiger partial charge in [-0.3, -0.25) is 4.57 Å². The topological polar surface area (TPSA) is 109 Å². The minimum atomic E-state index is -1.37. The van der Waals surface area contributed by atoms with Crippen LogP contribution in [0, 0.1) is 0 Å². The normalized spacial score (nSPS) is 21.1. The van der Waals surface area contributed by atoms with Crippen molar-refractivity contribution in [2.75, 3.05) is 20.7 Å². The van der Waals surface area contributed by atoms with Gasteiger partial charge in [0.05, 0.1) is 12.9 Å². The van der Waals surface area contributed by atoms with Crippen molar-refractivity contribution in [3.05, 3.63) is 130 Å². The highest BCUT2D eigenvalue weighted by Crippen LogP contribution is 2.41. The van der Waals surface area contributed by atoms with Crippen LogP contribution in [0.5, 0.6) is 0 Å². The van der Waals surface area contributed by atoms with Crippen LogP contribution in [-0.4, -0.2) is 70.0 Å². The van der Waals surface area contributed by atoms with Crippen molar-refractivity contribution in [3.63, 3.8) is 0 Å². The maximum absolute atomic E-state index is 12.8. The van der Waals surface area contributed by atoms with E-state index in [1.54, 1.807) is 25.1 Å². The first-order valence-electron chi connectivity index (χ1n) is 13.0. The first kappa shape index (κ1) is 27.4. The lowest BCUT2D eigenvalue weighted by Gasteiger charge is -2.37. The van der Waals surface area contributed by atoms with Gasteiger partial charge in [-0.05, 0) is 22.8 Å². The average Bonchev–Trinajstić information content (AvgIpc) is 3.27. The molecule has 0 amide bonds. The molecule has 4 atom stereocenters. The van der Waals surface area contributed by atoms with Gasteiger partial charge in [-0.25, -0.2) is 9.79 Å². The average molecular weight is 541 g/mol. The zero-order valence-corrected chi connectivity index (χ0v) is 22.3. The monoisotopic (exact) mass is 540 g/mol. The van der Waals surface area contributed by atoms with Gasteiger partial charge in [-0.15, -0.1) is 0 Å². The van der Waals surface area contributed by atoms with Crippen LogP contribution in [0.25, 0.3) is 0 Å². The van der Waals surface area contributed by atoms with E-state index in [1.807, 2.05) is 91.0 Å². The molecule has 4 aromatic rings. The van der Waals surface area contributed by atoms with Gasteiger partial charge in [0.1, 0.15) is 23.9 Å². The van der Waals surface area contributed by atoms with Crippen molar-refractivity contribution in [3.8, 4) is 0 Å². The van der Waals surface area contributed by atoms with Crippen molar-refractivity contribution < 1.29 is 19.7 Å². The highest BCUT2D eigenvalue weighted by molar-refractivity contribution is 5.58. The molecule has 0 bridgehead atoms. The molecule has 1 aliphatic rings. The lowest BCUT2D eigenvalue weighted by atomic mass is 9.80. The molecule has 0 spiro atoms. The summed E-state index contributed by atoms with van der Waals surface area (Å²) in [6, 6.07) is 31.0. The van der Waals surface area contributed by atoms with E-state index in [9.17, 15) is 15.0 Å². The fraction of sp³-hybridized carbons (Fsp3) is 0.258. The Bertz CT molecular complexity index is 1380. The molecule has 9 heteroatoms. The van der Waals surface area contributed by atoms with Crippen molar-refractivity contribution >= 4 is 12.2 Å². The number of aliphatic imine (C=N–C) groups is 1. The lowest BCUT2D eigenvalue weighted by Crippen LogP contribution is -2.39. The lowest BCUT2D eigenvalue weighted by molar-refractivity contribution is -0.0958. The summed E-state index contributed by atoms with van der Waals surface area (Å²) < 4.78 is 14.0. The first-order chi connectivity index (χ1) is 19.4. The molecule has 40 heavy (non-hydrogen) atoms. The van der Waals surface area contributed by atoms with Crippen LogP contribution < -0.4 is 5.69 Å². The summed E-state index contributed by atoms with van der Waals surface area (Å²) >= 11 is 0. The first-order valence-corrected chi connectivity index (χ1v) is 13.0. The summed E-state index contributed by atoms with van der Waals surface area (Å²) in [6.07, 6.45) is -1.76. The van der Waals surface area contributed by atoms with Crippen molar-refractivity contribution in [2.45, 2.75) is 30.1 Å². The van der Waals surface area contributed by atoms with E-state index in [0.717, 1.165) is 21.3 Å². The molecule has 9 nitrogen and oxygen atoms in total. The second-order valence-corrected chi connectivity index (χ2v) is 9.82. The predicted molar refractivity (Wildman–Crippen MR) is 151 cm³/mol. The Morgan fingerprint density at radius 3 is 1.90 bits per heavy atom. The second kappa shape index (κ2) is 11.9. The Labute approximate surface area is 232 Å². The van der Waals surface area contributed by atoms with Gasteiger partial charge in [-0.1, -0.05) is 91.0 Å². The smallest absolute Gasteiger partial charge is 0.351 e. The Kier molecular flexibility index (Phi) is 8.18. The number of rotatable bonds is 9. The summed E-state index contributed by atoms with van der Waals surface area (Å²) in [5.74, 6) is 0.223. The van der Waals surface area contributed by atoms with Crippen LogP contribution in [0.4, 0.5) is 5.82 Å². The minimum absolute atomic E-state index is 0.0687. The maximum Gasteiger partial charge on any atom is 0.351 e. The summed E-state index contributed by atoms with van der Waals surface area (Å²) in [7, 11) is 3.61. The summed E-state index contributed by atoms with van der Waals surface area (Å²) in [5.41, 5.74) is 1.00. The van der Waals surface area contributed by atoms with E-state index in [1.165, 1.54) is 12.5 Å². The third-order valence-electron chi connectivity index (χ3n) is 6.85. The molecular weight excluding hydrogens is 508 g/mol. The SMILES string of the molecule is CN(C)C=Nc1ccn([C@@H]2O[C@H](COC(c3ccccc3)(c3ccccc3)c3ccccc3)[C@@H](O)[C@H]2O)c(=O)n1. The highest BCUT2D eigenvalue weighted by Gasteiger charge is 2.46. The molecule has 1 aliphatic heterocycles. The molecule has 0 saturated carbocycles. The van der Waals surface area contributed by atoms with Gasteiger partial charge in [0.15, 0.2) is 12.0 Å². The van der Waals surface area contributed by atoms with Gasteiger partial charge >= 0.3 is 5.69 Å². The van der Waals surface area contributed by atoms with Crippen LogP contribution in [-0.2, 0) is 15.1 Å². The van der Waals surface area contributed by atoms with Gasteiger partial charge in [0.25, 0.3) is 0 Å². The number of nitrogens with zero attached hydrogens (tertiary/aromatic N) is 4. The molecule has 0 unspecified atom stereocenters. The number of aliphatic hydroxyl groups excluding tert-OH is 2. The highest BCUT2D eigenvalue weighted by atomic mass is 16.6. The zero-order valence-electron chi connectivity index (χ0n) is 22.3. The number of ether oxygens (including phenoxy) is 2. The molecule has 206 valence electrons. The van der Waals surface area contributed by atoms with Crippen molar-refractivity contribution in [1.82, 2.24) is 14.5 Å². The van der Waals surface area contributed by atoms with Crippen LogP contribution in [0.1, 0.15) is 22.9 Å². The van der Waals surface area contributed by atoms with Crippen molar-refractivity contribution in [2.24, 2.45) is 4.99 Å². The summed E-state index contributed by atoms with van der Waals surface area (Å²) in [4.78, 5) is 22.6. The quantitative estimate of drug-likeness (QED) is 0.191. The van der Waals surface area contributed by atoms with Crippen LogP contribution in [0.2, 0.25) is 0 Å². The Morgan fingerprint density at radius 1 is 0.900 bits per heavy atom. The van der Waals surface area contributed by atoms with E-state index in [2.05, 4.69) is 9.98 Å². The summed E-state index contributed by atoms with van der Waals surface area (Å²) in [6.45, 7) is -0.0687. The molecular formula is C31H32N4O5. The van der Waals surface area contributed by atoms with E-state index >= 15 is 0 Å². The minimum Gasteiger partial charge on any atom is -0.387 e. The third-order valence-corrected chi connectivity index (χ3v) is 6.85. The molecule has 1 fully saturated rings. The molecule has 0 aliphatic carbocycles. The maximum atomic E-state index is 12.8. The molecule has 1 aromatic heterocycles.